The van der Waals surface area contributed by atoms with Crippen molar-refractivity contribution in [2.75, 3.05) is 16.8 Å². The molecular weight excluding hydrogens is 601 g/mol. The van der Waals surface area contributed by atoms with Gasteiger partial charge in [0.25, 0.3) is 12.3 Å². The Morgan fingerprint density at radius 1 is 1.18 bits per heavy atom. The van der Waals surface area contributed by atoms with Crippen molar-refractivity contribution in [3.63, 3.8) is 0 Å². The maximum atomic E-state index is 14.8. The van der Waals surface area contributed by atoms with E-state index in [-0.39, 0.29) is 28.9 Å². The van der Waals surface area contributed by atoms with Crippen LogP contribution in [-0.2, 0) is 11.4 Å². The van der Waals surface area contributed by atoms with Gasteiger partial charge < -0.3 is 10.4 Å². The zero-order valence-electron chi connectivity index (χ0n) is 23.5. The second kappa shape index (κ2) is 11.6. The number of nitrogens with one attached hydrogen (secondary N) is 1. The van der Waals surface area contributed by atoms with Gasteiger partial charge in [0.1, 0.15) is 0 Å². The largest absolute Gasteiger partial charge is 0.390 e. The summed E-state index contributed by atoms with van der Waals surface area (Å²) in [7, 11) is 0. The Bertz CT molecular complexity index is 1780. The molecule has 0 radical (unpaired) electrons. The van der Waals surface area contributed by atoms with Crippen molar-refractivity contribution in [2.45, 2.75) is 45.8 Å². The number of benzene rings is 1. The van der Waals surface area contributed by atoms with Gasteiger partial charge in [-0.1, -0.05) is 17.7 Å². The summed E-state index contributed by atoms with van der Waals surface area (Å²) < 4.78 is 43.7. The smallest absolute Gasteiger partial charge is 0.276 e. The first-order chi connectivity index (χ1) is 21.1. The molecule has 4 aromatic rings. The van der Waals surface area contributed by atoms with Gasteiger partial charge in [-0.05, 0) is 38.7 Å². The Hall–Kier alpha value is -4.43. The second-order valence-electron chi connectivity index (χ2n) is 10.8. The molecule has 2 aliphatic rings. The normalized spacial score (nSPS) is 18.4. The lowest BCUT2D eigenvalue weighted by molar-refractivity contribution is -0.123. The van der Waals surface area contributed by atoms with E-state index in [2.05, 4.69) is 30.4 Å². The number of aliphatic hydroxyl groups is 1. The fourth-order valence-electron chi connectivity index (χ4n) is 5.57. The van der Waals surface area contributed by atoms with Crippen molar-refractivity contribution in [3.05, 3.63) is 76.1 Å². The van der Waals surface area contributed by atoms with Crippen LogP contribution in [0.25, 0.3) is 11.3 Å². The molecule has 3 aromatic heterocycles. The molecule has 2 fully saturated rings. The van der Waals surface area contributed by atoms with Gasteiger partial charge in [-0.2, -0.15) is 5.10 Å². The number of halogens is 4. The number of carbonyl (C=O) groups excluding carboxylic acids is 2. The van der Waals surface area contributed by atoms with E-state index >= 15 is 0 Å². The standard InChI is InChI=1S/C29H26ClF3N8O3/c1-13-27(40-10-15-3-4-17(15)29(40)44)35-8-20(37-13)14(2)41-11-16(7-36-41)38-28(43)25-22(12-42)34-9-21(39-25)23-18(26(32)33)5-6-19(30)24(23)31/h5-9,11,14-15,17,26,42H,3-4,10,12H2,1-2H3,(H,38,43)/t14?,15-,17-/m1/s1. The average molecular weight is 627 g/mol. The van der Waals surface area contributed by atoms with Gasteiger partial charge in [-0.15, -0.1) is 0 Å². The minimum Gasteiger partial charge on any atom is -0.390 e. The van der Waals surface area contributed by atoms with Gasteiger partial charge in [0, 0.05) is 29.8 Å². The summed E-state index contributed by atoms with van der Waals surface area (Å²) in [6.07, 6.45) is 4.41. The summed E-state index contributed by atoms with van der Waals surface area (Å²) in [5.74, 6) is -0.852. The van der Waals surface area contributed by atoms with Crippen molar-refractivity contribution in [2.24, 2.45) is 11.8 Å². The van der Waals surface area contributed by atoms with Crippen LogP contribution in [0.4, 0.5) is 24.7 Å². The number of rotatable bonds is 8. The number of nitrogens with zero attached hydrogens (tertiary/aromatic N) is 7. The molecule has 3 atom stereocenters. The maximum Gasteiger partial charge on any atom is 0.276 e. The fraction of sp³-hybridized carbons (Fsp3) is 0.345. The third kappa shape index (κ3) is 5.17. The number of fused-ring (bicyclic) bond motifs is 1. The molecule has 6 rings (SSSR count). The van der Waals surface area contributed by atoms with Crippen LogP contribution < -0.4 is 10.2 Å². The fourth-order valence-corrected chi connectivity index (χ4v) is 5.73. The summed E-state index contributed by atoms with van der Waals surface area (Å²) in [6.45, 7) is 3.60. The van der Waals surface area contributed by atoms with Crippen LogP contribution in [0.2, 0.25) is 5.02 Å². The first-order valence-electron chi connectivity index (χ1n) is 13.8. The number of hydrogen-bond acceptors (Lipinski definition) is 8. The first kappa shape index (κ1) is 29.6. The number of aliphatic hydroxyl groups excluding tert-OH is 1. The van der Waals surface area contributed by atoms with Crippen molar-refractivity contribution < 1.29 is 27.9 Å². The molecular formula is C29H26ClF3N8O3. The lowest BCUT2D eigenvalue weighted by Gasteiger charge is -2.25. The molecule has 1 aliphatic heterocycles. The van der Waals surface area contributed by atoms with Gasteiger partial charge in [-0.3, -0.25) is 29.1 Å². The molecule has 1 saturated carbocycles. The minimum atomic E-state index is -3.05. The summed E-state index contributed by atoms with van der Waals surface area (Å²) in [5.41, 5.74) is -0.718. The molecule has 1 saturated heterocycles. The van der Waals surface area contributed by atoms with E-state index in [0.29, 0.717) is 29.7 Å². The molecule has 1 aliphatic carbocycles. The number of anilines is 2. The third-order valence-corrected chi connectivity index (χ3v) is 8.42. The van der Waals surface area contributed by atoms with Crippen LogP contribution in [0.5, 0.6) is 0 Å². The topological polar surface area (TPSA) is 139 Å². The van der Waals surface area contributed by atoms with Crippen molar-refractivity contribution >= 4 is 34.9 Å². The molecule has 44 heavy (non-hydrogen) atoms. The Labute approximate surface area is 254 Å². The molecule has 1 unspecified atom stereocenters. The average Bonchev–Trinajstić information content (AvgIpc) is 3.54. The monoisotopic (exact) mass is 626 g/mol. The van der Waals surface area contributed by atoms with Gasteiger partial charge in [0.2, 0.25) is 5.91 Å². The minimum absolute atomic E-state index is 0.0857. The summed E-state index contributed by atoms with van der Waals surface area (Å²) >= 11 is 5.82. The predicted molar refractivity (Wildman–Crippen MR) is 153 cm³/mol. The van der Waals surface area contributed by atoms with E-state index in [1.807, 2.05) is 6.92 Å². The number of alkyl halides is 2. The van der Waals surface area contributed by atoms with Crippen LogP contribution in [0, 0.1) is 24.6 Å². The lowest BCUT2D eigenvalue weighted by atomic mass is 9.76. The van der Waals surface area contributed by atoms with Crippen molar-refractivity contribution in [1.29, 1.82) is 0 Å². The van der Waals surface area contributed by atoms with Crippen molar-refractivity contribution in [3.8, 4) is 11.3 Å². The van der Waals surface area contributed by atoms with Gasteiger partial charge in [0.15, 0.2) is 17.3 Å². The zero-order valence-corrected chi connectivity index (χ0v) is 24.3. The number of carbonyl (C=O) groups is 2. The number of hydrogen-bond donors (Lipinski definition) is 2. The summed E-state index contributed by atoms with van der Waals surface area (Å²) in [4.78, 5) is 44.8. The van der Waals surface area contributed by atoms with Crippen LogP contribution in [0.3, 0.4) is 0 Å². The van der Waals surface area contributed by atoms with Gasteiger partial charge in [-0.25, -0.2) is 23.1 Å². The molecule has 2 amide bonds. The lowest BCUT2D eigenvalue weighted by Crippen LogP contribution is -2.29. The van der Waals surface area contributed by atoms with E-state index < -0.39 is 52.6 Å². The van der Waals surface area contributed by atoms with Crippen LogP contribution in [-0.4, -0.2) is 53.2 Å². The Morgan fingerprint density at radius 3 is 2.61 bits per heavy atom. The Kier molecular flexibility index (Phi) is 7.80. The van der Waals surface area contributed by atoms with E-state index in [4.69, 9.17) is 11.6 Å². The summed E-state index contributed by atoms with van der Waals surface area (Å²) in [6, 6.07) is 1.57. The molecule has 0 spiro atoms. The molecule has 1 aromatic carbocycles. The number of amides is 2. The van der Waals surface area contributed by atoms with E-state index in [9.17, 15) is 27.9 Å². The Balaban J connectivity index is 1.22. The van der Waals surface area contributed by atoms with Gasteiger partial charge in [0.05, 0.1) is 64.7 Å². The maximum absolute atomic E-state index is 14.8. The first-order valence-corrected chi connectivity index (χ1v) is 14.2. The van der Waals surface area contributed by atoms with E-state index in [1.54, 1.807) is 22.7 Å². The molecule has 228 valence electrons. The van der Waals surface area contributed by atoms with Crippen LogP contribution >= 0.6 is 11.6 Å². The van der Waals surface area contributed by atoms with E-state index in [1.165, 1.54) is 12.4 Å². The molecule has 15 heteroatoms. The quantitative estimate of drug-likeness (QED) is 0.282. The predicted octanol–water partition coefficient (Wildman–Crippen LogP) is 4.90. The van der Waals surface area contributed by atoms with Crippen molar-refractivity contribution in [1.82, 2.24) is 29.7 Å². The highest BCUT2D eigenvalue weighted by molar-refractivity contribution is 6.31. The number of aryl methyl sites for hydroxylation is 1. The zero-order chi connectivity index (χ0) is 31.3. The molecule has 4 heterocycles. The highest BCUT2D eigenvalue weighted by atomic mass is 35.5. The molecule has 2 N–H and O–H groups in total. The SMILES string of the molecule is Cc1nc(C(C)n2cc(NC(=O)c3nc(-c4c(C(F)F)ccc(Cl)c4F)cnc3CO)cn2)cnc1N1C[C@H]2CC[C@H]2C1=O. The summed E-state index contributed by atoms with van der Waals surface area (Å²) in [5, 5.41) is 16.2. The highest BCUT2D eigenvalue weighted by Crippen LogP contribution is 2.43. The second-order valence-corrected chi connectivity index (χ2v) is 11.2. The van der Waals surface area contributed by atoms with Crippen LogP contribution in [0.15, 0.2) is 36.9 Å². The Morgan fingerprint density at radius 2 is 1.98 bits per heavy atom. The van der Waals surface area contributed by atoms with E-state index in [0.717, 1.165) is 31.2 Å². The van der Waals surface area contributed by atoms with Gasteiger partial charge >= 0.3 is 0 Å². The van der Waals surface area contributed by atoms with Crippen LogP contribution in [0.1, 0.15) is 65.4 Å². The molecule has 0 bridgehead atoms. The highest BCUT2D eigenvalue weighted by Gasteiger charge is 2.47. The number of aromatic nitrogens is 6. The molecule has 11 nitrogen and oxygen atoms in total. The third-order valence-electron chi connectivity index (χ3n) is 8.13.